The minimum atomic E-state index is -0.583. The lowest BCUT2D eigenvalue weighted by molar-refractivity contribution is -0.167. The molecule has 2 fully saturated rings. The predicted octanol–water partition coefficient (Wildman–Crippen LogP) is 0.926. The number of rotatable bonds is 4. The third-order valence-corrected chi connectivity index (χ3v) is 4.52. The van der Waals surface area contributed by atoms with Crippen LogP contribution in [0.15, 0.2) is 0 Å². The summed E-state index contributed by atoms with van der Waals surface area (Å²) in [6, 6.07) is 0.0834. The average Bonchev–Trinajstić information content (AvgIpc) is 2.86. The van der Waals surface area contributed by atoms with Crippen LogP contribution in [0.3, 0.4) is 0 Å². The molecule has 2 rings (SSSR count). The fourth-order valence-corrected chi connectivity index (χ4v) is 3.81. The number of ether oxygens (including phenoxy) is 1. The van der Waals surface area contributed by atoms with Gasteiger partial charge in [0.15, 0.2) is 0 Å². The highest BCUT2D eigenvalue weighted by Crippen LogP contribution is 2.47. The number of aliphatic hydroxyl groups excluding tert-OH is 2. The van der Waals surface area contributed by atoms with E-state index in [2.05, 4.69) is 4.90 Å². The van der Waals surface area contributed by atoms with Crippen molar-refractivity contribution in [3.05, 3.63) is 0 Å². The monoisotopic (exact) mass is 285 g/mol. The zero-order chi connectivity index (χ0) is 15.0. The van der Waals surface area contributed by atoms with Crippen molar-refractivity contribution < 1.29 is 19.7 Å². The van der Waals surface area contributed by atoms with Gasteiger partial charge in [0, 0.05) is 19.3 Å². The Labute approximate surface area is 120 Å². The van der Waals surface area contributed by atoms with Crippen LogP contribution in [0.1, 0.15) is 46.5 Å². The maximum atomic E-state index is 12.7. The maximum absolute atomic E-state index is 12.7. The van der Waals surface area contributed by atoms with Crippen LogP contribution in [0.25, 0.3) is 0 Å². The number of carbonyl (C=O) groups excluding carboxylic acids is 1. The first-order valence-electron chi connectivity index (χ1n) is 7.56. The Morgan fingerprint density at radius 2 is 2.10 bits per heavy atom. The van der Waals surface area contributed by atoms with Gasteiger partial charge in [-0.05, 0) is 58.9 Å². The van der Waals surface area contributed by atoms with Gasteiger partial charge in [-0.1, -0.05) is 0 Å². The first-order chi connectivity index (χ1) is 9.34. The van der Waals surface area contributed by atoms with Crippen LogP contribution in [0.5, 0.6) is 0 Å². The second kappa shape index (κ2) is 5.62. The summed E-state index contributed by atoms with van der Waals surface area (Å²) in [6.45, 7) is 6.63. The highest BCUT2D eigenvalue weighted by atomic mass is 16.6. The lowest BCUT2D eigenvalue weighted by atomic mass is 9.88. The standard InChI is InChI=1S/C15H27NO4/c1-14(2,3)20-13(19)15-6-4-7-16(15)12(5-8-17)11(9-15)10-18/h11-12,17-18H,4-10H2,1-3H3/t11-,12+,15-/m1/s1. The van der Waals surface area contributed by atoms with E-state index in [1.807, 2.05) is 20.8 Å². The summed E-state index contributed by atoms with van der Waals surface area (Å²) < 4.78 is 5.62. The van der Waals surface area contributed by atoms with Crippen molar-refractivity contribution in [3.8, 4) is 0 Å². The summed E-state index contributed by atoms with van der Waals surface area (Å²) in [4.78, 5) is 14.8. The highest BCUT2D eigenvalue weighted by Gasteiger charge is 2.58. The van der Waals surface area contributed by atoms with Gasteiger partial charge in [0.2, 0.25) is 0 Å². The molecule has 0 spiro atoms. The topological polar surface area (TPSA) is 70.0 Å². The first-order valence-corrected chi connectivity index (χ1v) is 7.56. The maximum Gasteiger partial charge on any atom is 0.327 e. The Morgan fingerprint density at radius 3 is 2.65 bits per heavy atom. The molecule has 0 unspecified atom stereocenters. The van der Waals surface area contributed by atoms with Gasteiger partial charge in [-0.2, -0.15) is 0 Å². The normalized spacial score (nSPS) is 34.2. The molecule has 116 valence electrons. The number of carbonyl (C=O) groups is 1. The molecule has 2 saturated heterocycles. The molecule has 2 heterocycles. The van der Waals surface area contributed by atoms with Gasteiger partial charge in [-0.25, -0.2) is 0 Å². The van der Waals surface area contributed by atoms with Crippen LogP contribution >= 0.6 is 0 Å². The highest BCUT2D eigenvalue weighted by molar-refractivity contribution is 5.82. The Kier molecular flexibility index (Phi) is 4.42. The van der Waals surface area contributed by atoms with Gasteiger partial charge >= 0.3 is 5.97 Å². The van der Waals surface area contributed by atoms with Crippen molar-refractivity contribution in [1.29, 1.82) is 0 Å². The molecule has 0 aromatic rings. The summed E-state index contributed by atoms with van der Waals surface area (Å²) in [6.07, 6.45) is 3.01. The molecule has 2 N–H and O–H groups in total. The van der Waals surface area contributed by atoms with Crippen molar-refractivity contribution in [2.75, 3.05) is 19.8 Å². The van der Waals surface area contributed by atoms with Crippen LogP contribution in [0, 0.1) is 5.92 Å². The second-order valence-electron chi connectivity index (χ2n) is 7.06. The van der Waals surface area contributed by atoms with Crippen LogP contribution in [0.4, 0.5) is 0 Å². The minimum Gasteiger partial charge on any atom is -0.459 e. The molecule has 20 heavy (non-hydrogen) atoms. The van der Waals surface area contributed by atoms with E-state index in [1.54, 1.807) is 0 Å². The average molecular weight is 285 g/mol. The minimum absolute atomic E-state index is 0.0509. The number of esters is 1. The van der Waals surface area contributed by atoms with E-state index in [4.69, 9.17) is 4.74 Å². The Balaban J connectivity index is 2.22. The lowest BCUT2D eigenvalue weighted by Gasteiger charge is -2.35. The number of fused-ring (bicyclic) bond motifs is 1. The molecule has 0 radical (unpaired) electrons. The fourth-order valence-electron chi connectivity index (χ4n) is 3.81. The molecule has 3 atom stereocenters. The molecule has 0 saturated carbocycles. The number of aliphatic hydroxyl groups is 2. The summed E-state index contributed by atoms with van der Waals surface area (Å²) in [5, 5.41) is 18.8. The van der Waals surface area contributed by atoms with Gasteiger partial charge in [0.05, 0.1) is 0 Å². The van der Waals surface area contributed by atoms with Crippen molar-refractivity contribution in [2.24, 2.45) is 5.92 Å². The van der Waals surface area contributed by atoms with E-state index < -0.39 is 11.1 Å². The molecular weight excluding hydrogens is 258 g/mol. The van der Waals surface area contributed by atoms with E-state index in [0.29, 0.717) is 12.8 Å². The molecule has 0 aromatic heterocycles. The fraction of sp³-hybridized carbons (Fsp3) is 0.933. The summed E-state index contributed by atoms with van der Waals surface area (Å²) in [7, 11) is 0. The van der Waals surface area contributed by atoms with E-state index in [-0.39, 0.29) is 31.1 Å². The molecule has 2 aliphatic heterocycles. The van der Waals surface area contributed by atoms with Crippen molar-refractivity contribution in [2.45, 2.75) is 63.6 Å². The third-order valence-electron chi connectivity index (χ3n) is 4.52. The number of hydrogen-bond donors (Lipinski definition) is 2. The molecule has 5 nitrogen and oxygen atoms in total. The summed E-state index contributed by atoms with van der Waals surface area (Å²) in [5.74, 6) is -0.114. The number of hydrogen-bond acceptors (Lipinski definition) is 5. The number of nitrogens with zero attached hydrogens (tertiary/aromatic N) is 1. The van der Waals surface area contributed by atoms with Gasteiger partial charge in [-0.3, -0.25) is 9.69 Å². The first kappa shape index (κ1) is 15.7. The van der Waals surface area contributed by atoms with Crippen molar-refractivity contribution in [3.63, 3.8) is 0 Å². The van der Waals surface area contributed by atoms with Crippen molar-refractivity contribution in [1.82, 2.24) is 4.90 Å². The van der Waals surface area contributed by atoms with E-state index in [1.165, 1.54) is 0 Å². The molecule has 5 heteroatoms. The zero-order valence-electron chi connectivity index (χ0n) is 12.8. The molecule has 0 aliphatic carbocycles. The molecular formula is C15H27NO4. The Morgan fingerprint density at radius 1 is 1.40 bits per heavy atom. The van der Waals surface area contributed by atoms with Gasteiger partial charge < -0.3 is 14.9 Å². The van der Waals surface area contributed by atoms with Gasteiger partial charge in [0.1, 0.15) is 11.1 Å². The van der Waals surface area contributed by atoms with Crippen LogP contribution in [0.2, 0.25) is 0 Å². The van der Waals surface area contributed by atoms with Gasteiger partial charge in [0.25, 0.3) is 0 Å². The lowest BCUT2D eigenvalue weighted by Crippen LogP contribution is -2.51. The van der Waals surface area contributed by atoms with Crippen LogP contribution < -0.4 is 0 Å². The van der Waals surface area contributed by atoms with Crippen LogP contribution in [-0.2, 0) is 9.53 Å². The zero-order valence-corrected chi connectivity index (χ0v) is 12.8. The summed E-state index contributed by atoms with van der Waals surface area (Å²) in [5.41, 5.74) is -1.08. The summed E-state index contributed by atoms with van der Waals surface area (Å²) >= 11 is 0. The quantitative estimate of drug-likeness (QED) is 0.752. The molecule has 0 aromatic carbocycles. The predicted molar refractivity (Wildman–Crippen MR) is 75.2 cm³/mol. The Bertz CT molecular complexity index is 365. The second-order valence-corrected chi connectivity index (χ2v) is 7.06. The van der Waals surface area contributed by atoms with E-state index in [9.17, 15) is 15.0 Å². The van der Waals surface area contributed by atoms with Crippen molar-refractivity contribution >= 4 is 5.97 Å². The van der Waals surface area contributed by atoms with E-state index >= 15 is 0 Å². The molecule has 2 aliphatic rings. The third kappa shape index (κ3) is 2.71. The Hall–Kier alpha value is -0.650. The molecule has 0 bridgehead atoms. The van der Waals surface area contributed by atoms with E-state index in [0.717, 1.165) is 19.4 Å². The smallest absolute Gasteiger partial charge is 0.327 e. The van der Waals surface area contributed by atoms with Crippen LogP contribution in [-0.4, -0.2) is 58.0 Å². The SMILES string of the molecule is CC(C)(C)OC(=O)[C@]12CCCN1[C@@H](CCO)[C@@H](CO)C2. The van der Waals surface area contributed by atoms with Gasteiger partial charge in [-0.15, -0.1) is 0 Å². The molecule has 0 amide bonds. The largest absolute Gasteiger partial charge is 0.459 e.